The zero-order valence-corrected chi connectivity index (χ0v) is 23.2. The minimum absolute atomic E-state index is 0.0490. The Kier molecular flexibility index (Phi) is 7.05. The van der Waals surface area contributed by atoms with Gasteiger partial charge in [0.2, 0.25) is 5.82 Å². The fourth-order valence-electron chi connectivity index (χ4n) is 4.78. The number of carbonyl (C=O) groups is 3. The topological polar surface area (TPSA) is 132 Å². The van der Waals surface area contributed by atoms with Crippen molar-refractivity contribution < 1.29 is 19.1 Å². The Balaban J connectivity index is 1.42. The number of nitrogens with zero attached hydrogens (tertiary/aromatic N) is 6. The van der Waals surface area contributed by atoms with Gasteiger partial charge in [0.15, 0.2) is 11.6 Å². The largest absolute Gasteiger partial charge is 0.444 e. The molecule has 1 aromatic carbocycles. The average Bonchev–Trinajstić information content (AvgIpc) is 3.39. The molecule has 1 N–H and O–H groups in total. The quantitative estimate of drug-likeness (QED) is 0.272. The van der Waals surface area contributed by atoms with Crippen molar-refractivity contribution in [3.63, 3.8) is 0 Å². The molecule has 0 saturated heterocycles. The molecule has 4 heterocycles. The van der Waals surface area contributed by atoms with E-state index in [0.717, 1.165) is 27.8 Å². The van der Waals surface area contributed by atoms with E-state index in [-0.39, 0.29) is 11.7 Å². The summed E-state index contributed by atoms with van der Waals surface area (Å²) < 4.78 is 7.14. The van der Waals surface area contributed by atoms with Gasteiger partial charge in [-0.05, 0) is 58.7 Å². The number of benzene rings is 1. The van der Waals surface area contributed by atoms with Gasteiger partial charge in [-0.25, -0.2) is 4.79 Å². The van der Waals surface area contributed by atoms with Gasteiger partial charge in [0.05, 0.1) is 5.52 Å². The SMILES string of the molecule is CC(=O)c1ccn2c3c(c(-c4ccc(-c5nnc(C)nn5)cc4)c2c1)CN(CCCNC(=O)OC(C)(C)C)C3=O. The van der Waals surface area contributed by atoms with Crippen LogP contribution in [0.1, 0.15) is 66.4 Å². The summed E-state index contributed by atoms with van der Waals surface area (Å²) in [5, 5.41) is 18.9. The van der Waals surface area contributed by atoms with Crippen LogP contribution in [0.3, 0.4) is 0 Å². The van der Waals surface area contributed by atoms with E-state index in [1.807, 2.05) is 55.5 Å². The molecule has 0 spiro atoms. The number of hydrogen-bond acceptors (Lipinski definition) is 8. The second-order valence-corrected chi connectivity index (χ2v) is 10.8. The zero-order chi connectivity index (χ0) is 28.6. The summed E-state index contributed by atoms with van der Waals surface area (Å²) >= 11 is 0. The maximum Gasteiger partial charge on any atom is 0.407 e. The molecule has 11 nitrogen and oxygen atoms in total. The summed E-state index contributed by atoms with van der Waals surface area (Å²) in [6, 6.07) is 11.3. The number of nitrogens with one attached hydrogen (secondary N) is 1. The van der Waals surface area contributed by atoms with Gasteiger partial charge in [-0.15, -0.1) is 20.4 Å². The molecule has 3 aromatic heterocycles. The number of pyridine rings is 1. The predicted molar refractivity (Wildman–Crippen MR) is 148 cm³/mol. The van der Waals surface area contributed by atoms with Crippen molar-refractivity contribution in [1.29, 1.82) is 0 Å². The third-order valence-corrected chi connectivity index (χ3v) is 6.57. The van der Waals surface area contributed by atoms with Crippen LogP contribution in [0, 0.1) is 6.92 Å². The van der Waals surface area contributed by atoms with Gasteiger partial charge < -0.3 is 19.4 Å². The lowest BCUT2D eigenvalue weighted by atomic mass is 9.99. The average molecular weight is 542 g/mol. The number of aryl methyl sites for hydroxylation is 1. The highest BCUT2D eigenvalue weighted by atomic mass is 16.6. The Hall–Kier alpha value is -4.67. The van der Waals surface area contributed by atoms with Crippen molar-refractivity contribution >= 4 is 23.3 Å². The van der Waals surface area contributed by atoms with E-state index in [0.29, 0.717) is 49.0 Å². The van der Waals surface area contributed by atoms with E-state index in [4.69, 9.17) is 4.74 Å². The smallest absolute Gasteiger partial charge is 0.407 e. The number of amides is 2. The maximum atomic E-state index is 13.6. The highest BCUT2D eigenvalue weighted by Gasteiger charge is 2.34. The molecule has 0 unspecified atom stereocenters. The predicted octanol–water partition coefficient (Wildman–Crippen LogP) is 4.23. The Morgan fingerprint density at radius 2 is 1.70 bits per heavy atom. The Morgan fingerprint density at radius 3 is 2.35 bits per heavy atom. The lowest BCUT2D eigenvalue weighted by molar-refractivity contribution is 0.0525. The number of rotatable bonds is 7. The van der Waals surface area contributed by atoms with Crippen LogP contribution in [0.5, 0.6) is 0 Å². The molecule has 0 atom stereocenters. The van der Waals surface area contributed by atoms with Gasteiger partial charge in [0, 0.05) is 48.1 Å². The number of hydrogen-bond donors (Lipinski definition) is 1. The van der Waals surface area contributed by atoms with Crippen LogP contribution in [0.4, 0.5) is 4.79 Å². The van der Waals surface area contributed by atoms with Crippen molar-refractivity contribution in [2.24, 2.45) is 0 Å². The summed E-state index contributed by atoms with van der Waals surface area (Å²) in [7, 11) is 0. The normalized spacial score (nSPS) is 13.0. The highest BCUT2D eigenvalue weighted by Crippen LogP contribution is 2.39. The van der Waals surface area contributed by atoms with E-state index in [9.17, 15) is 14.4 Å². The minimum atomic E-state index is -0.571. The van der Waals surface area contributed by atoms with Gasteiger partial charge in [0.1, 0.15) is 11.3 Å². The third-order valence-electron chi connectivity index (χ3n) is 6.57. The van der Waals surface area contributed by atoms with Gasteiger partial charge in [0.25, 0.3) is 5.91 Å². The Labute approximate surface area is 231 Å². The van der Waals surface area contributed by atoms with Gasteiger partial charge in [-0.2, -0.15) is 0 Å². The molecule has 4 aromatic rings. The van der Waals surface area contributed by atoms with Crippen molar-refractivity contribution in [3.05, 3.63) is 65.2 Å². The Morgan fingerprint density at radius 1 is 1.02 bits per heavy atom. The number of aromatic nitrogens is 5. The first-order valence-corrected chi connectivity index (χ1v) is 13.1. The van der Waals surface area contributed by atoms with E-state index < -0.39 is 11.7 Å². The minimum Gasteiger partial charge on any atom is -0.444 e. The van der Waals surface area contributed by atoms with Crippen molar-refractivity contribution in [1.82, 2.24) is 35.0 Å². The molecule has 5 rings (SSSR count). The van der Waals surface area contributed by atoms with Crippen molar-refractivity contribution in [3.8, 4) is 22.5 Å². The molecule has 40 heavy (non-hydrogen) atoms. The molecule has 11 heteroatoms. The molecular formula is C29H31N7O4. The lowest BCUT2D eigenvalue weighted by Gasteiger charge is -2.20. The summed E-state index contributed by atoms with van der Waals surface area (Å²) in [6.45, 7) is 9.96. The molecule has 0 fully saturated rings. The van der Waals surface area contributed by atoms with Gasteiger partial charge in [-0.3, -0.25) is 9.59 Å². The van der Waals surface area contributed by atoms with Crippen LogP contribution in [0.2, 0.25) is 0 Å². The third kappa shape index (κ3) is 5.40. The molecule has 1 aliphatic rings. The summed E-state index contributed by atoms with van der Waals surface area (Å²) in [6.07, 6.45) is 1.88. The molecule has 2 amide bonds. The van der Waals surface area contributed by atoms with Gasteiger partial charge >= 0.3 is 6.09 Å². The lowest BCUT2D eigenvalue weighted by Crippen LogP contribution is -2.34. The molecular weight excluding hydrogens is 510 g/mol. The first-order valence-electron chi connectivity index (χ1n) is 13.1. The molecule has 0 bridgehead atoms. The number of Topliss-reactive ketones (excluding diaryl/α,β-unsaturated/α-hetero) is 1. The maximum absolute atomic E-state index is 13.6. The first kappa shape index (κ1) is 26.9. The number of carbonyl (C=O) groups excluding carboxylic acids is 3. The molecule has 0 saturated carbocycles. The van der Waals surface area contributed by atoms with Crippen molar-refractivity contribution in [2.75, 3.05) is 13.1 Å². The summed E-state index contributed by atoms with van der Waals surface area (Å²) in [5.41, 5.74) is 4.84. The van der Waals surface area contributed by atoms with Crippen LogP contribution in [-0.4, -0.2) is 66.2 Å². The zero-order valence-electron chi connectivity index (χ0n) is 23.2. The second kappa shape index (κ2) is 10.5. The summed E-state index contributed by atoms with van der Waals surface area (Å²) in [4.78, 5) is 39.5. The standard InChI is InChI=1S/C29H31N7O4/c1-17(37)21-11-14-36-23(15-21)24(19-7-9-20(10-8-19)26-33-31-18(2)32-34-26)22-16-35(27(38)25(22)36)13-6-12-30-28(39)40-29(3,4)5/h7-11,14-15H,6,12-13,16H2,1-5H3,(H,30,39). The van der Waals surface area contributed by atoms with Crippen LogP contribution in [-0.2, 0) is 11.3 Å². The van der Waals surface area contributed by atoms with Crippen LogP contribution in [0.25, 0.3) is 28.0 Å². The highest BCUT2D eigenvalue weighted by molar-refractivity contribution is 6.05. The van der Waals surface area contributed by atoms with Crippen LogP contribution < -0.4 is 5.32 Å². The van der Waals surface area contributed by atoms with Crippen molar-refractivity contribution in [2.45, 2.75) is 53.2 Å². The van der Waals surface area contributed by atoms with E-state index in [1.54, 1.807) is 24.1 Å². The van der Waals surface area contributed by atoms with E-state index >= 15 is 0 Å². The second-order valence-electron chi connectivity index (χ2n) is 10.8. The number of alkyl carbamates (subject to hydrolysis) is 1. The molecule has 0 aliphatic carbocycles. The molecule has 0 radical (unpaired) electrons. The number of ether oxygens (including phenoxy) is 1. The van der Waals surface area contributed by atoms with Gasteiger partial charge in [-0.1, -0.05) is 24.3 Å². The fraction of sp³-hybridized carbons (Fsp3) is 0.345. The van der Waals surface area contributed by atoms with Crippen LogP contribution in [0.15, 0.2) is 42.6 Å². The first-order chi connectivity index (χ1) is 19.0. The Bertz CT molecular complexity index is 1600. The number of fused-ring (bicyclic) bond motifs is 3. The van der Waals surface area contributed by atoms with E-state index in [1.165, 1.54) is 6.92 Å². The molecule has 206 valence electrons. The molecule has 1 aliphatic heterocycles. The summed E-state index contributed by atoms with van der Waals surface area (Å²) in [5.74, 6) is 0.773. The fourth-order valence-corrected chi connectivity index (χ4v) is 4.78. The monoisotopic (exact) mass is 541 g/mol. The number of ketones is 1. The van der Waals surface area contributed by atoms with Crippen LogP contribution >= 0.6 is 0 Å². The van der Waals surface area contributed by atoms with E-state index in [2.05, 4.69) is 25.7 Å².